The molecule has 3 aromatic rings. The van der Waals surface area contributed by atoms with Crippen molar-refractivity contribution in [1.82, 2.24) is 14.9 Å². The molecule has 0 spiro atoms. The lowest BCUT2D eigenvalue weighted by Crippen LogP contribution is -2.33. The highest BCUT2D eigenvalue weighted by Crippen LogP contribution is 2.36. The molecule has 1 aliphatic rings. The summed E-state index contributed by atoms with van der Waals surface area (Å²) in [4.78, 5) is 11.3. The second kappa shape index (κ2) is 7.83. The summed E-state index contributed by atoms with van der Waals surface area (Å²) in [5, 5.41) is 2.38. The molecule has 0 amide bonds. The van der Waals surface area contributed by atoms with E-state index in [0.717, 1.165) is 29.2 Å². The fraction of sp³-hybridized carbons (Fsp3) is 0.364. The standard InChI is InChI=1S/C22H25N3O/c1-17-23-15-19(16-24-17)22-20-8-4-3-7-18(20)9-10-21(22)26-14-13-25-11-5-2-6-12-25/h3-4,7-10,15-16H,2,5-6,11-14H2,1H3. The SMILES string of the molecule is Cc1ncc(-c2c(OCCN3CCCCC3)ccc3ccccc23)cn1. The highest BCUT2D eigenvalue weighted by molar-refractivity contribution is 5.99. The average Bonchev–Trinajstić information content (AvgIpc) is 2.69. The number of hydrogen-bond donors (Lipinski definition) is 0. The Balaban J connectivity index is 1.62. The monoisotopic (exact) mass is 347 g/mol. The van der Waals surface area contributed by atoms with E-state index in [1.165, 1.54) is 43.1 Å². The zero-order valence-corrected chi connectivity index (χ0v) is 15.3. The predicted molar refractivity (Wildman–Crippen MR) is 105 cm³/mol. The van der Waals surface area contributed by atoms with Crippen LogP contribution in [0.5, 0.6) is 5.75 Å². The highest BCUT2D eigenvalue weighted by Gasteiger charge is 2.14. The van der Waals surface area contributed by atoms with Gasteiger partial charge in [0.05, 0.1) is 0 Å². The molecule has 134 valence electrons. The Kier molecular flexibility index (Phi) is 5.12. The summed E-state index contributed by atoms with van der Waals surface area (Å²) in [6.07, 6.45) is 7.76. The average molecular weight is 347 g/mol. The Hall–Kier alpha value is -2.46. The van der Waals surface area contributed by atoms with E-state index in [-0.39, 0.29) is 0 Å². The molecule has 0 radical (unpaired) electrons. The van der Waals surface area contributed by atoms with Gasteiger partial charge in [-0.25, -0.2) is 9.97 Å². The molecule has 0 aliphatic carbocycles. The summed E-state index contributed by atoms with van der Waals surface area (Å²) in [7, 11) is 0. The predicted octanol–water partition coefficient (Wildman–Crippen LogP) is 4.47. The van der Waals surface area contributed by atoms with E-state index in [4.69, 9.17) is 4.74 Å². The lowest BCUT2D eigenvalue weighted by molar-refractivity contribution is 0.184. The number of hydrogen-bond acceptors (Lipinski definition) is 4. The van der Waals surface area contributed by atoms with Crippen LogP contribution < -0.4 is 4.74 Å². The molecular weight excluding hydrogens is 322 g/mol. The van der Waals surface area contributed by atoms with Crippen molar-refractivity contribution in [2.45, 2.75) is 26.2 Å². The maximum absolute atomic E-state index is 6.24. The molecule has 0 unspecified atom stereocenters. The van der Waals surface area contributed by atoms with Crippen LogP contribution in [0.2, 0.25) is 0 Å². The number of likely N-dealkylation sites (tertiary alicyclic amines) is 1. The normalized spacial score (nSPS) is 15.3. The Morgan fingerprint density at radius 1 is 0.962 bits per heavy atom. The molecule has 0 saturated carbocycles. The van der Waals surface area contributed by atoms with Gasteiger partial charge in [0, 0.05) is 30.1 Å². The fourth-order valence-electron chi connectivity index (χ4n) is 3.66. The fourth-order valence-corrected chi connectivity index (χ4v) is 3.66. The minimum absolute atomic E-state index is 0.706. The zero-order valence-electron chi connectivity index (χ0n) is 15.3. The van der Waals surface area contributed by atoms with E-state index >= 15 is 0 Å². The first-order valence-corrected chi connectivity index (χ1v) is 9.47. The van der Waals surface area contributed by atoms with Gasteiger partial charge in [-0.05, 0) is 49.7 Å². The van der Waals surface area contributed by atoms with Gasteiger partial charge in [-0.1, -0.05) is 36.8 Å². The van der Waals surface area contributed by atoms with Crippen LogP contribution in [0.25, 0.3) is 21.9 Å². The molecular formula is C22H25N3O. The van der Waals surface area contributed by atoms with Gasteiger partial charge in [-0.3, -0.25) is 4.90 Å². The van der Waals surface area contributed by atoms with Crippen molar-refractivity contribution in [2.75, 3.05) is 26.2 Å². The van der Waals surface area contributed by atoms with Gasteiger partial charge < -0.3 is 4.74 Å². The molecule has 0 bridgehead atoms. The largest absolute Gasteiger partial charge is 0.492 e. The third-order valence-corrected chi connectivity index (χ3v) is 5.07. The molecule has 4 nitrogen and oxygen atoms in total. The Labute approximate surface area is 154 Å². The molecule has 2 aromatic carbocycles. The van der Waals surface area contributed by atoms with E-state index in [1.807, 2.05) is 19.3 Å². The number of aromatic nitrogens is 2. The topological polar surface area (TPSA) is 38.2 Å². The molecule has 0 atom stereocenters. The van der Waals surface area contributed by atoms with Gasteiger partial charge in [-0.15, -0.1) is 0 Å². The second-order valence-electron chi connectivity index (χ2n) is 6.93. The minimum atomic E-state index is 0.706. The Morgan fingerprint density at radius 2 is 1.73 bits per heavy atom. The summed E-state index contributed by atoms with van der Waals surface area (Å²) >= 11 is 0. The summed E-state index contributed by atoms with van der Waals surface area (Å²) in [5.41, 5.74) is 2.09. The van der Waals surface area contributed by atoms with Crippen LogP contribution in [-0.4, -0.2) is 41.1 Å². The van der Waals surface area contributed by atoms with Gasteiger partial charge in [0.25, 0.3) is 0 Å². The highest BCUT2D eigenvalue weighted by atomic mass is 16.5. The molecule has 2 heterocycles. The summed E-state index contributed by atoms with van der Waals surface area (Å²) in [5.74, 6) is 1.69. The smallest absolute Gasteiger partial charge is 0.127 e. The van der Waals surface area contributed by atoms with Crippen LogP contribution in [0.1, 0.15) is 25.1 Å². The number of aryl methyl sites for hydroxylation is 1. The number of nitrogens with zero attached hydrogens (tertiary/aromatic N) is 3. The zero-order chi connectivity index (χ0) is 17.8. The summed E-state index contributed by atoms with van der Waals surface area (Å²) in [6, 6.07) is 12.6. The summed E-state index contributed by atoms with van der Waals surface area (Å²) < 4.78 is 6.24. The van der Waals surface area contributed by atoms with Crippen molar-refractivity contribution in [1.29, 1.82) is 0 Å². The number of rotatable bonds is 5. The number of benzene rings is 2. The van der Waals surface area contributed by atoms with Crippen LogP contribution in [0.3, 0.4) is 0 Å². The third kappa shape index (κ3) is 3.70. The van der Waals surface area contributed by atoms with Crippen LogP contribution in [0.4, 0.5) is 0 Å². The van der Waals surface area contributed by atoms with Crippen LogP contribution in [0, 0.1) is 6.92 Å². The number of ether oxygens (including phenoxy) is 1. The van der Waals surface area contributed by atoms with Crippen LogP contribution in [-0.2, 0) is 0 Å². The van der Waals surface area contributed by atoms with Crippen LogP contribution in [0.15, 0.2) is 48.8 Å². The lowest BCUT2D eigenvalue weighted by Gasteiger charge is -2.26. The number of fused-ring (bicyclic) bond motifs is 1. The van der Waals surface area contributed by atoms with Gasteiger partial charge in [-0.2, -0.15) is 0 Å². The van der Waals surface area contributed by atoms with E-state index in [0.29, 0.717) is 6.61 Å². The third-order valence-electron chi connectivity index (χ3n) is 5.07. The van der Waals surface area contributed by atoms with Gasteiger partial charge in [0.15, 0.2) is 0 Å². The molecule has 1 fully saturated rings. The van der Waals surface area contributed by atoms with Gasteiger partial charge >= 0.3 is 0 Å². The molecule has 1 aliphatic heterocycles. The van der Waals surface area contributed by atoms with Crippen LogP contribution >= 0.6 is 0 Å². The van der Waals surface area contributed by atoms with Gasteiger partial charge in [0.1, 0.15) is 18.2 Å². The second-order valence-corrected chi connectivity index (χ2v) is 6.93. The maximum Gasteiger partial charge on any atom is 0.127 e. The van der Waals surface area contributed by atoms with E-state index in [9.17, 15) is 0 Å². The molecule has 26 heavy (non-hydrogen) atoms. The maximum atomic E-state index is 6.24. The minimum Gasteiger partial charge on any atom is -0.492 e. The van der Waals surface area contributed by atoms with Crippen molar-refractivity contribution in [3.8, 4) is 16.9 Å². The Bertz CT molecular complexity index is 870. The molecule has 1 aromatic heterocycles. The van der Waals surface area contributed by atoms with Crippen molar-refractivity contribution >= 4 is 10.8 Å². The van der Waals surface area contributed by atoms with Crippen molar-refractivity contribution in [3.05, 3.63) is 54.6 Å². The quantitative estimate of drug-likeness (QED) is 0.682. The van der Waals surface area contributed by atoms with E-state index in [1.54, 1.807) is 0 Å². The number of piperidine rings is 1. The first-order valence-electron chi connectivity index (χ1n) is 9.47. The summed E-state index contributed by atoms with van der Waals surface area (Å²) in [6.45, 7) is 5.98. The van der Waals surface area contributed by atoms with Gasteiger partial charge in [0.2, 0.25) is 0 Å². The molecule has 1 saturated heterocycles. The van der Waals surface area contributed by atoms with E-state index < -0.39 is 0 Å². The van der Waals surface area contributed by atoms with Crippen molar-refractivity contribution < 1.29 is 4.74 Å². The molecule has 4 heteroatoms. The van der Waals surface area contributed by atoms with E-state index in [2.05, 4.69) is 51.3 Å². The first kappa shape index (κ1) is 17.0. The Morgan fingerprint density at radius 3 is 2.54 bits per heavy atom. The first-order chi connectivity index (χ1) is 12.8. The molecule has 4 rings (SSSR count). The van der Waals surface area contributed by atoms with Crippen molar-refractivity contribution in [2.24, 2.45) is 0 Å². The van der Waals surface area contributed by atoms with Crippen molar-refractivity contribution in [3.63, 3.8) is 0 Å². The molecule has 0 N–H and O–H groups in total. The lowest BCUT2D eigenvalue weighted by atomic mass is 9.99.